The second-order valence-corrected chi connectivity index (χ2v) is 10.3. The van der Waals surface area contributed by atoms with Crippen molar-refractivity contribution in [3.8, 4) is 0 Å². The third-order valence-corrected chi connectivity index (χ3v) is 6.91. The molecule has 112 valence electrons. The lowest BCUT2D eigenvalue weighted by atomic mass is 9.98. The average molecular weight is 431 g/mol. The van der Waals surface area contributed by atoms with Crippen LogP contribution < -0.4 is 0 Å². The summed E-state index contributed by atoms with van der Waals surface area (Å²) in [5.74, 6) is -1.32. The van der Waals surface area contributed by atoms with Crippen LogP contribution in [-0.2, 0) is 23.9 Å². The molecule has 2 atom stereocenters. The predicted octanol–water partition coefficient (Wildman–Crippen LogP) is 1.60. The van der Waals surface area contributed by atoms with Crippen LogP contribution in [-0.4, -0.2) is 48.9 Å². The lowest BCUT2D eigenvalue weighted by Gasteiger charge is -2.46. The number of esters is 2. The van der Waals surface area contributed by atoms with Crippen LogP contribution in [0.5, 0.6) is 0 Å². The molecule has 0 aromatic rings. The van der Waals surface area contributed by atoms with E-state index in [1.54, 1.807) is 0 Å². The molecule has 6 nitrogen and oxygen atoms in total. The minimum Gasteiger partial charge on any atom is -0.428 e. The zero-order chi connectivity index (χ0) is 15.3. The van der Waals surface area contributed by atoms with Gasteiger partial charge in [-0.1, -0.05) is 31.9 Å². The van der Waals surface area contributed by atoms with E-state index in [0.717, 1.165) is 0 Å². The van der Waals surface area contributed by atoms with Crippen LogP contribution in [0.25, 0.3) is 0 Å². The first kappa shape index (κ1) is 16.1. The normalized spacial score (nSPS) is 29.4. The summed E-state index contributed by atoms with van der Waals surface area (Å²) in [6.07, 6.45) is 0. The number of nitrogens with zero attached hydrogens (tertiary/aromatic N) is 1. The molecule has 20 heavy (non-hydrogen) atoms. The Morgan fingerprint density at radius 3 is 2.50 bits per heavy atom. The fourth-order valence-electron chi connectivity index (χ4n) is 2.21. The summed E-state index contributed by atoms with van der Waals surface area (Å²) in [6, 6.07) is -0.705. The van der Waals surface area contributed by atoms with Crippen molar-refractivity contribution in [2.75, 3.05) is 6.79 Å². The number of ether oxygens (including phenoxy) is 2. The molecule has 0 aromatic heterocycles. The van der Waals surface area contributed by atoms with Gasteiger partial charge in [0.05, 0.1) is 0 Å². The standard InChI is InChI=1S/C11H13Br2NO5S/c1-5(15)18-4-19-7(16)6-10(2,3)20-9-11(12,13)8(17)14(6)9/h6,9H,4H2,1-3H3/t6-,9+/m0/s1. The van der Waals surface area contributed by atoms with Gasteiger partial charge in [-0.15, -0.1) is 11.8 Å². The Labute approximate surface area is 137 Å². The molecule has 0 bridgehead atoms. The largest absolute Gasteiger partial charge is 0.428 e. The highest BCUT2D eigenvalue weighted by Gasteiger charge is 2.70. The van der Waals surface area contributed by atoms with Gasteiger partial charge in [0.25, 0.3) is 5.91 Å². The quantitative estimate of drug-likeness (QED) is 0.293. The molecule has 0 radical (unpaired) electrons. The van der Waals surface area contributed by atoms with Crippen molar-refractivity contribution in [1.82, 2.24) is 4.90 Å². The van der Waals surface area contributed by atoms with Gasteiger partial charge in [0.1, 0.15) is 11.4 Å². The zero-order valence-corrected chi connectivity index (χ0v) is 15.0. The van der Waals surface area contributed by atoms with Crippen LogP contribution in [0.15, 0.2) is 0 Å². The molecule has 2 rings (SSSR count). The topological polar surface area (TPSA) is 72.9 Å². The van der Waals surface area contributed by atoms with Gasteiger partial charge in [-0.25, -0.2) is 4.79 Å². The highest BCUT2D eigenvalue weighted by Crippen LogP contribution is 2.60. The lowest BCUT2D eigenvalue weighted by molar-refractivity contribution is -0.174. The number of alkyl halides is 2. The van der Waals surface area contributed by atoms with Crippen LogP contribution in [0.4, 0.5) is 0 Å². The maximum atomic E-state index is 12.1. The smallest absolute Gasteiger partial charge is 0.333 e. The summed E-state index contributed by atoms with van der Waals surface area (Å²) < 4.78 is 8.18. The predicted molar refractivity (Wildman–Crippen MR) is 79.4 cm³/mol. The maximum absolute atomic E-state index is 12.1. The Morgan fingerprint density at radius 1 is 1.35 bits per heavy atom. The fourth-order valence-corrected chi connectivity index (χ4v) is 5.12. The monoisotopic (exact) mass is 429 g/mol. The number of carbonyl (C=O) groups excluding carboxylic acids is 3. The van der Waals surface area contributed by atoms with Crippen molar-refractivity contribution < 1.29 is 23.9 Å². The first-order chi connectivity index (χ1) is 9.09. The summed E-state index contributed by atoms with van der Waals surface area (Å²) in [4.78, 5) is 36.3. The Kier molecular flexibility index (Phi) is 4.16. The van der Waals surface area contributed by atoms with Crippen molar-refractivity contribution in [3.63, 3.8) is 0 Å². The molecule has 2 aliphatic heterocycles. The highest BCUT2D eigenvalue weighted by atomic mass is 79.9. The number of β-lactam (4-membered cyclic amide) rings is 1. The van der Waals surface area contributed by atoms with Gasteiger partial charge in [-0.3, -0.25) is 9.59 Å². The average Bonchev–Trinajstić information content (AvgIpc) is 2.58. The van der Waals surface area contributed by atoms with E-state index in [9.17, 15) is 14.4 Å². The maximum Gasteiger partial charge on any atom is 0.333 e. The van der Waals surface area contributed by atoms with Gasteiger partial charge in [-0.05, 0) is 13.8 Å². The summed E-state index contributed by atoms with van der Waals surface area (Å²) in [6.45, 7) is 4.53. The molecule has 2 saturated heterocycles. The molecular weight excluding hydrogens is 418 g/mol. The Balaban J connectivity index is 2.09. The van der Waals surface area contributed by atoms with Gasteiger partial charge in [0.15, 0.2) is 3.23 Å². The van der Waals surface area contributed by atoms with Crippen LogP contribution in [0.3, 0.4) is 0 Å². The molecule has 0 unspecified atom stereocenters. The van der Waals surface area contributed by atoms with E-state index in [1.165, 1.54) is 23.6 Å². The Hall–Kier alpha value is -0.280. The van der Waals surface area contributed by atoms with E-state index >= 15 is 0 Å². The number of hydrogen-bond donors (Lipinski definition) is 0. The molecule has 0 spiro atoms. The summed E-state index contributed by atoms with van der Waals surface area (Å²) in [7, 11) is 0. The second-order valence-electron chi connectivity index (χ2n) is 5.03. The first-order valence-electron chi connectivity index (χ1n) is 5.77. The Morgan fingerprint density at radius 2 is 1.95 bits per heavy atom. The van der Waals surface area contributed by atoms with Gasteiger partial charge in [0, 0.05) is 11.7 Å². The van der Waals surface area contributed by atoms with Crippen molar-refractivity contribution >= 4 is 61.5 Å². The van der Waals surface area contributed by atoms with Gasteiger partial charge in [0.2, 0.25) is 6.79 Å². The molecule has 0 aliphatic carbocycles. The van der Waals surface area contributed by atoms with Gasteiger partial charge in [-0.2, -0.15) is 0 Å². The molecule has 9 heteroatoms. The van der Waals surface area contributed by atoms with Crippen LogP contribution in [0, 0.1) is 0 Å². The summed E-state index contributed by atoms with van der Waals surface area (Å²) in [5.41, 5.74) is 0. The van der Waals surface area contributed by atoms with Crippen molar-refractivity contribution in [2.24, 2.45) is 0 Å². The van der Waals surface area contributed by atoms with E-state index in [2.05, 4.69) is 36.6 Å². The lowest BCUT2D eigenvalue weighted by Crippen LogP contribution is -2.68. The van der Waals surface area contributed by atoms with Gasteiger partial charge < -0.3 is 14.4 Å². The van der Waals surface area contributed by atoms with Gasteiger partial charge >= 0.3 is 11.9 Å². The van der Waals surface area contributed by atoms with Crippen molar-refractivity contribution in [1.29, 1.82) is 0 Å². The number of halogens is 2. The molecule has 2 fully saturated rings. The van der Waals surface area contributed by atoms with E-state index in [4.69, 9.17) is 4.74 Å². The number of fused-ring (bicyclic) bond motifs is 1. The first-order valence-corrected chi connectivity index (χ1v) is 8.24. The molecule has 1 amide bonds. The third kappa shape index (κ3) is 2.48. The molecule has 0 aromatic carbocycles. The van der Waals surface area contributed by atoms with E-state index in [-0.39, 0.29) is 11.3 Å². The fraction of sp³-hybridized carbons (Fsp3) is 0.727. The SMILES string of the molecule is CC(=O)OCOC(=O)[C@@H]1N2C(=O)C(Br)(Br)[C@H]2SC1(C)C. The second kappa shape index (κ2) is 5.17. The van der Waals surface area contributed by atoms with Crippen LogP contribution in [0.2, 0.25) is 0 Å². The van der Waals surface area contributed by atoms with Crippen molar-refractivity contribution in [3.05, 3.63) is 0 Å². The molecule has 2 heterocycles. The highest BCUT2D eigenvalue weighted by molar-refractivity contribution is 9.26. The van der Waals surface area contributed by atoms with Crippen LogP contribution in [0.1, 0.15) is 20.8 Å². The molecule has 0 N–H and O–H groups in total. The van der Waals surface area contributed by atoms with E-state index in [1.807, 2.05) is 13.8 Å². The number of rotatable bonds is 3. The Bertz CT molecular complexity index is 481. The summed E-state index contributed by atoms with van der Waals surface area (Å²) in [5, 5.41) is -0.184. The minimum absolute atomic E-state index is 0.184. The molecule has 0 saturated carbocycles. The van der Waals surface area contributed by atoms with E-state index < -0.39 is 32.8 Å². The van der Waals surface area contributed by atoms with Crippen molar-refractivity contribution in [2.45, 2.75) is 40.2 Å². The minimum atomic E-state index is -0.827. The molecular formula is C11H13Br2NO5S. The van der Waals surface area contributed by atoms with Crippen LogP contribution >= 0.6 is 43.6 Å². The molecule has 2 aliphatic rings. The number of carbonyl (C=O) groups is 3. The number of amides is 1. The zero-order valence-electron chi connectivity index (χ0n) is 11.0. The summed E-state index contributed by atoms with van der Waals surface area (Å²) >= 11 is 8.15. The number of hydrogen-bond acceptors (Lipinski definition) is 6. The number of thioether (sulfide) groups is 1. The van der Waals surface area contributed by atoms with E-state index in [0.29, 0.717) is 0 Å². The third-order valence-electron chi connectivity index (χ3n) is 3.12.